The van der Waals surface area contributed by atoms with E-state index in [1.807, 2.05) is 6.92 Å². The van der Waals surface area contributed by atoms with E-state index >= 15 is 0 Å². The number of nitrogens with one attached hydrogen (secondary N) is 1. The minimum atomic E-state index is -0.295. The Labute approximate surface area is 120 Å². The zero-order valence-electron chi connectivity index (χ0n) is 12.4. The number of piperidine rings is 1. The maximum atomic E-state index is 13.4. The molecular formula is C16H25FN2O. The number of nitrogens with zero attached hydrogens (tertiary/aromatic N) is 1. The van der Waals surface area contributed by atoms with E-state index < -0.39 is 0 Å². The van der Waals surface area contributed by atoms with Crippen molar-refractivity contribution in [2.45, 2.75) is 45.2 Å². The minimum Gasteiger partial charge on any atom is -0.508 e. The Morgan fingerprint density at radius 1 is 1.45 bits per heavy atom. The predicted octanol–water partition coefficient (Wildman–Crippen LogP) is 3.06. The highest BCUT2D eigenvalue weighted by atomic mass is 19.1. The summed E-state index contributed by atoms with van der Waals surface area (Å²) in [4.78, 5) is 2.29. The molecule has 2 atom stereocenters. The summed E-state index contributed by atoms with van der Waals surface area (Å²) in [6, 6.07) is 4.69. The molecule has 1 aromatic rings. The van der Waals surface area contributed by atoms with Gasteiger partial charge in [-0.05, 0) is 51.1 Å². The largest absolute Gasteiger partial charge is 0.508 e. The number of hydrogen-bond donors (Lipinski definition) is 2. The molecule has 2 unspecified atom stereocenters. The van der Waals surface area contributed by atoms with Gasteiger partial charge in [-0.2, -0.15) is 0 Å². The first kappa shape index (κ1) is 15.3. The van der Waals surface area contributed by atoms with Crippen LogP contribution in [-0.2, 0) is 0 Å². The van der Waals surface area contributed by atoms with Crippen LogP contribution in [0.25, 0.3) is 0 Å². The number of rotatable bonds is 5. The highest BCUT2D eigenvalue weighted by molar-refractivity contribution is 5.35. The molecular weight excluding hydrogens is 255 g/mol. The monoisotopic (exact) mass is 280 g/mol. The van der Waals surface area contributed by atoms with Crippen molar-refractivity contribution in [3.63, 3.8) is 0 Å². The molecule has 0 spiro atoms. The van der Waals surface area contributed by atoms with Crippen LogP contribution >= 0.6 is 0 Å². The lowest BCUT2D eigenvalue weighted by molar-refractivity contribution is 0.182. The smallest absolute Gasteiger partial charge is 0.123 e. The second-order valence-electron chi connectivity index (χ2n) is 5.61. The van der Waals surface area contributed by atoms with E-state index in [1.54, 1.807) is 0 Å². The van der Waals surface area contributed by atoms with Crippen LogP contribution in [0.2, 0.25) is 0 Å². The highest BCUT2D eigenvalue weighted by Crippen LogP contribution is 2.29. The van der Waals surface area contributed by atoms with Crippen LogP contribution in [0.5, 0.6) is 5.75 Å². The lowest BCUT2D eigenvalue weighted by atomic mass is 10.0. The van der Waals surface area contributed by atoms with Gasteiger partial charge < -0.3 is 10.4 Å². The molecule has 3 nitrogen and oxygen atoms in total. The van der Waals surface area contributed by atoms with Gasteiger partial charge in [-0.25, -0.2) is 4.39 Å². The second kappa shape index (κ2) is 7.04. The summed E-state index contributed by atoms with van der Waals surface area (Å²) < 4.78 is 13.4. The fourth-order valence-corrected chi connectivity index (χ4v) is 2.98. The van der Waals surface area contributed by atoms with E-state index in [4.69, 9.17) is 0 Å². The summed E-state index contributed by atoms with van der Waals surface area (Å²) >= 11 is 0. The predicted molar refractivity (Wildman–Crippen MR) is 79.4 cm³/mol. The average molecular weight is 280 g/mol. The van der Waals surface area contributed by atoms with E-state index in [1.165, 1.54) is 37.5 Å². The first-order chi connectivity index (χ1) is 9.61. The van der Waals surface area contributed by atoms with Gasteiger partial charge in [0.15, 0.2) is 0 Å². The lowest BCUT2D eigenvalue weighted by Gasteiger charge is -2.34. The molecule has 1 aliphatic rings. The molecule has 0 radical (unpaired) electrons. The summed E-state index contributed by atoms with van der Waals surface area (Å²) in [5.41, 5.74) is 0.669. The van der Waals surface area contributed by atoms with Crippen LogP contribution in [0.3, 0.4) is 0 Å². The van der Waals surface area contributed by atoms with Gasteiger partial charge in [-0.1, -0.05) is 13.3 Å². The van der Waals surface area contributed by atoms with Gasteiger partial charge in [0.05, 0.1) is 0 Å². The number of likely N-dealkylation sites (N-methyl/N-ethyl adjacent to an activating group) is 1. The van der Waals surface area contributed by atoms with Crippen LogP contribution in [0.4, 0.5) is 4.39 Å². The molecule has 2 N–H and O–H groups in total. The summed E-state index contributed by atoms with van der Waals surface area (Å²) in [6.07, 6.45) is 3.72. The van der Waals surface area contributed by atoms with Crippen LogP contribution in [0.15, 0.2) is 18.2 Å². The first-order valence-electron chi connectivity index (χ1n) is 7.57. The van der Waals surface area contributed by atoms with Crippen molar-refractivity contribution >= 4 is 0 Å². The third-order valence-corrected chi connectivity index (χ3v) is 4.26. The molecule has 0 amide bonds. The van der Waals surface area contributed by atoms with E-state index in [9.17, 15) is 9.50 Å². The van der Waals surface area contributed by atoms with Crippen LogP contribution in [0, 0.1) is 5.82 Å². The maximum Gasteiger partial charge on any atom is 0.123 e. The molecule has 1 aromatic carbocycles. The Morgan fingerprint density at radius 2 is 2.25 bits per heavy atom. The number of phenolic OH excluding ortho intramolecular Hbond substituents is 1. The zero-order chi connectivity index (χ0) is 14.5. The second-order valence-corrected chi connectivity index (χ2v) is 5.61. The van der Waals surface area contributed by atoms with Crippen molar-refractivity contribution in [1.29, 1.82) is 0 Å². The topological polar surface area (TPSA) is 35.5 Å². The fraction of sp³-hybridized carbons (Fsp3) is 0.625. The maximum absolute atomic E-state index is 13.4. The quantitative estimate of drug-likeness (QED) is 0.870. The van der Waals surface area contributed by atoms with Crippen LogP contribution < -0.4 is 5.32 Å². The Kier molecular flexibility index (Phi) is 5.38. The van der Waals surface area contributed by atoms with Crippen molar-refractivity contribution < 1.29 is 9.50 Å². The number of aromatic hydroxyl groups is 1. The van der Waals surface area contributed by atoms with Gasteiger partial charge in [0.2, 0.25) is 0 Å². The standard InChI is InChI=1S/C16H25FN2O/c1-3-19(11-14-6-4-5-9-18-14)12(2)15-10-13(17)7-8-16(15)20/h7-8,10,12,14,18,20H,3-6,9,11H2,1-2H3. The Balaban J connectivity index is 2.07. The molecule has 1 saturated heterocycles. The van der Waals surface area contributed by atoms with E-state index in [0.717, 1.165) is 19.6 Å². The molecule has 112 valence electrons. The van der Waals surface area contributed by atoms with Crippen LogP contribution in [0.1, 0.15) is 44.7 Å². The van der Waals surface area contributed by atoms with Crippen molar-refractivity contribution in [2.75, 3.05) is 19.6 Å². The number of phenols is 1. The Bertz CT molecular complexity index is 432. The number of hydrogen-bond acceptors (Lipinski definition) is 3. The summed E-state index contributed by atoms with van der Waals surface area (Å²) in [6.45, 7) is 7.04. The third kappa shape index (κ3) is 3.70. The van der Waals surface area contributed by atoms with Gasteiger partial charge in [-0.3, -0.25) is 4.90 Å². The molecule has 0 saturated carbocycles. The molecule has 0 aliphatic carbocycles. The van der Waals surface area contributed by atoms with E-state index in [-0.39, 0.29) is 17.6 Å². The Hall–Kier alpha value is -1.13. The van der Waals surface area contributed by atoms with Crippen molar-refractivity contribution in [3.05, 3.63) is 29.6 Å². The Morgan fingerprint density at radius 3 is 2.90 bits per heavy atom. The van der Waals surface area contributed by atoms with Gasteiger partial charge in [0.1, 0.15) is 11.6 Å². The van der Waals surface area contributed by atoms with E-state index in [0.29, 0.717) is 11.6 Å². The highest BCUT2D eigenvalue weighted by Gasteiger charge is 2.22. The molecule has 20 heavy (non-hydrogen) atoms. The molecule has 2 rings (SSSR count). The van der Waals surface area contributed by atoms with Gasteiger partial charge in [0.25, 0.3) is 0 Å². The van der Waals surface area contributed by atoms with Crippen LogP contribution in [-0.4, -0.2) is 35.7 Å². The SMILES string of the molecule is CCN(CC1CCCCN1)C(C)c1cc(F)ccc1O. The molecule has 4 heteroatoms. The summed E-state index contributed by atoms with van der Waals surface area (Å²) in [5, 5.41) is 13.5. The zero-order valence-corrected chi connectivity index (χ0v) is 12.4. The molecule has 1 aliphatic heterocycles. The fourth-order valence-electron chi connectivity index (χ4n) is 2.98. The molecule has 1 fully saturated rings. The van der Waals surface area contributed by atoms with E-state index in [2.05, 4.69) is 17.1 Å². The normalized spacial score (nSPS) is 21.1. The van der Waals surface area contributed by atoms with Gasteiger partial charge in [-0.15, -0.1) is 0 Å². The lowest BCUT2D eigenvalue weighted by Crippen LogP contribution is -2.44. The average Bonchev–Trinajstić information content (AvgIpc) is 2.47. The summed E-state index contributed by atoms with van der Waals surface area (Å²) in [7, 11) is 0. The summed E-state index contributed by atoms with van der Waals surface area (Å²) in [5.74, 6) is -0.120. The van der Waals surface area contributed by atoms with Gasteiger partial charge >= 0.3 is 0 Å². The molecule has 0 aromatic heterocycles. The minimum absolute atomic E-state index is 0.0134. The van der Waals surface area contributed by atoms with Gasteiger partial charge in [0, 0.05) is 24.2 Å². The number of benzene rings is 1. The molecule has 1 heterocycles. The number of halogens is 1. The third-order valence-electron chi connectivity index (χ3n) is 4.26. The molecule has 0 bridgehead atoms. The first-order valence-corrected chi connectivity index (χ1v) is 7.57. The van der Waals surface area contributed by atoms with Crippen molar-refractivity contribution in [2.24, 2.45) is 0 Å². The van der Waals surface area contributed by atoms with Crippen molar-refractivity contribution in [1.82, 2.24) is 10.2 Å². The van der Waals surface area contributed by atoms with Crippen molar-refractivity contribution in [3.8, 4) is 5.75 Å².